The fourth-order valence-electron chi connectivity index (χ4n) is 4.56. The topological polar surface area (TPSA) is 41.1 Å². The first-order valence-corrected chi connectivity index (χ1v) is 10.8. The Morgan fingerprint density at radius 1 is 1.35 bits per heavy atom. The van der Waals surface area contributed by atoms with Crippen LogP contribution < -0.4 is 5.32 Å². The number of aromatic nitrogens is 2. The highest BCUT2D eigenvalue weighted by Crippen LogP contribution is 2.41. The predicted octanol–water partition coefficient (Wildman–Crippen LogP) is 3.94. The Balaban J connectivity index is 1.48. The van der Waals surface area contributed by atoms with Gasteiger partial charge in [-0.05, 0) is 62.2 Å². The van der Waals surface area contributed by atoms with E-state index in [1.807, 2.05) is 6.92 Å². The quantitative estimate of drug-likeness (QED) is 0.836. The second kappa shape index (κ2) is 7.75. The first kappa shape index (κ1) is 18.1. The smallest absolute Gasteiger partial charge is 0.126 e. The average Bonchev–Trinajstić information content (AvgIpc) is 3.16. The van der Waals surface area contributed by atoms with Gasteiger partial charge in [0, 0.05) is 30.7 Å². The minimum Gasteiger partial charge on any atom is -0.315 e. The Morgan fingerprint density at radius 3 is 2.92 bits per heavy atom. The third-order valence-electron chi connectivity index (χ3n) is 5.82. The van der Waals surface area contributed by atoms with Gasteiger partial charge in [-0.3, -0.25) is 4.90 Å². The van der Waals surface area contributed by atoms with E-state index in [9.17, 15) is 0 Å². The first-order valence-electron chi connectivity index (χ1n) is 9.94. The zero-order valence-electron chi connectivity index (χ0n) is 16.1. The summed E-state index contributed by atoms with van der Waals surface area (Å²) >= 11 is 1.76. The normalized spacial score (nSPS) is 28.0. The number of hydrogen-bond acceptors (Lipinski definition) is 5. The van der Waals surface area contributed by atoms with Crippen molar-refractivity contribution in [2.45, 2.75) is 45.6 Å². The van der Waals surface area contributed by atoms with Crippen LogP contribution in [0.3, 0.4) is 0 Å². The molecule has 5 rings (SSSR count). The van der Waals surface area contributed by atoms with Crippen LogP contribution in [0.25, 0.3) is 10.6 Å². The summed E-state index contributed by atoms with van der Waals surface area (Å²) in [5, 5.41) is 5.79. The molecule has 2 bridgehead atoms. The number of hydrogen-bond donors (Lipinski definition) is 1. The molecule has 2 aromatic rings. The zero-order valence-corrected chi connectivity index (χ0v) is 16.9. The standard InChI is InChI=1S/C21H30N4S/c1-14(2)11-22-12-17-9-16-6-7-25(17)13-18(16)19-10-20(24-15(3)23-19)21-5-4-8-26-21/h4-5,8,10,14,16-18,22H,6-7,9,11-13H2,1-3H3/t16-,17+,18+/m0/s1. The summed E-state index contributed by atoms with van der Waals surface area (Å²) in [6, 6.07) is 7.20. The molecule has 1 unspecified atom stereocenters. The minimum atomic E-state index is 0.561. The molecule has 4 atom stereocenters. The second-order valence-corrected chi connectivity index (χ2v) is 9.24. The van der Waals surface area contributed by atoms with E-state index in [-0.39, 0.29) is 0 Å². The number of nitrogens with one attached hydrogen (secondary N) is 1. The van der Waals surface area contributed by atoms with E-state index in [2.05, 4.69) is 52.6 Å². The Morgan fingerprint density at radius 2 is 2.23 bits per heavy atom. The fraction of sp³-hybridized carbons (Fsp3) is 0.619. The van der Waals surface area contributed by atoms with Crippen LogP contribution in [0.2, 0.25) is 0 Å². The Kier molecular flexibility index (Phi) is 5.39. The molecule has 0 amide bonds. The van der Waals surface area contributed by atoms with E-state index >= 15 is 0 Å². The fourth-order valence-corrected chi connectivity index (χ4v) is 5.24. The number of fused-ring (bicyclic) bond motifs is 3. The number of nitrogens with zero attached hydrogens (tertiary/aromatic N) is 3. The lowest BCUT2D eigenvalue weighted by Crippen LogP contribution is -2.55. The van der Waals surface area contributed by atoms with Crippen LogP contribution in [-0.2, 0) is 0 Å². The molecular formula is C21H30N4S. The average molecular weight is 371 g/mol. The van der Waals surface area contributed by atoms with E-state index in [1.54, 1.807) is 11.3 Å². The Labute approximate surface area is 161 Å². The Hall–Kier alpha value is -1.30. The van der Waals surface area contributed by atoms with Crippen molar-refractivity contribution >= 4 is 11.3 Å². The third kappa shape index (κ3) is 3.85. The maximum atomic E-state index is 4.85. The van der Waals surface area contributed by atoms with Crippen molar-refractivity contribution in [3.8, 4) is 10.6 Å². The molecule has 3 fully saturated rings. The summed E-state index contributed by atoms with van der Waals surface area (Å²) in [5.74, 6) is 2.94. The van der Waals surface area contributed by atoms with Crippen molar-refractivity contribution in [3.63, 3.8) is 0 Å². The maximum absolute atomic E-state index is 4.85. The summed E-state index contributed by atoms with van der Waals surface area (Å²) in [7, 11) is 0. The molecule has 3 aliphatic rings. The van der Waals surface area contributed by atoms with Crippen LogP contribution in [-0.4, -0.2) is 47.1 Å². The summed E-state index contributed by atoms with van der Waals surface area (Å²) in [4.78, 5) is 13.5. The van der Waals surface area contributed by atoms with E-state index in [0.717, 1.165) is 43.0 Å². The van der Waals surface area contributed by atoms with Crippen molar-refractivity contribution in [1.82, 2.24) is 20.2 Å². The van der Waals surface area contributed by atoms with Gasteiger partial charge in [0.1, 0.15) is 5.82 Å². The number of thiophene rings is 1. The predicted molar refractivity (Wildman–Crippen MR) is 109 cm³/mol. The van der Waals surface area contributed by atoms with Gasteiger partial charge < -0.3 is 5.32 Å². The highest BCUT2D eigenvalue weighted by molar-refractivity contribution is 7.13. The molecule has 0 aliphatic carbocycles. The van der Waals surface area contributed by atoms with Crippen molar-refractivity contribution in [3.05, 3.63) is 35.1 Å². The molecular weight excluding hydrogens is 340 g/mol. The number of piperidine rings is 3. The van der Waals surface area contributed by atoms with E-state index < -0.39 is 0 Å². The van der Waals surface area contributed by atoms with Crippen molar-refractivity contribution in [1.29, 1.82) is 0 Å². The van der Waals surface area contributed by atoms with Crippen LogP contribution in [0.5, 0.6) is 0 Å². The zero-order chi connectivity index (χ0) is 18.1. The molecule has 0 spiro atoms. The second-order valence-electron chi connectivity index (χ2n) is 8.29. The van der Waals surface area contributed by atoms with Crippen molar-refractivity contribution in [2.24, 2.45) is 11.8 Å². The SMILES string of the molecule is Cc1nc(-c2cccs2)cc([C@@H]2CN3CC[C@H]2C[C@@H]3CNCC(C)C)n1. The summed E-state index contributed by atoms with van der Waals surface area (Å²) in [5.41, 5.74) is 2.35. The van der Waals surface area contributed by atoms with Crippen LogP contribution in [0.15, 0.2) is 23.6 Å². The molecule has 0 saturated carbocycles. The lowest BCUT2D eigenvalue weighted by Gasteiger charge is -2.50. The van der Waals surface area contributed by atoms with Gasteiger partial charge >= 0.3 is 0 Å². The molecule has 4 nitrogen and oxygen atoms in total. The number of aryl methyl sites for hydroxylation is 1. The molecule has 2 aromatic heterocycles. The summed E-state index contributed by atoms with van der Waals surface area (Å²) in [6.07, 6.45) is 2.61. The van der Waals surface area contributed by atoms with E-state index in [1.165, 1.54) is 30.0 Å². The summed E-state index contributed by atoms with van der Waals surface area (Å²) < 4.78 is 0. The Bertz CT molecular complexity index is 728. The van der Waals surface area contributed by atoms with E-state index in [0.29, 0.717) is 12.0 Å². The van der Waals surface area contributed by atoms with Gasteiger partial charge in [-0.2, -0.15) is 0 Å². The van der Waals surface area contributed by atoms with Gasteiger partial charge in [-0.25, -0.2) is 9.97 Å². The van der Waals surface area contributed by atoms with Crippen molar-refractivity contribution in [2.75, 3.05) is 26.2 Å². The highest BCUT2D eigenvalue weighted by atomic mass is 32.1. The third-order valence-corrected chi connectivity index (χ3v) is 6.71. The molecule has 3 saturated heterocycles. The highest BCUT2D eigenvalue weighted by Gasteiger charge is 2.41. The number of rotatable bonds is 6. The molecule has 26 heavy (non-hydrogen) atoms. The largest absolute Gasteiger partial charge is 0.315 e. The molecule has 5 heterocycles. The van der Waals surface area contributed by atoms with Gasteiger partial charge in [0.2, 0.25) is 0 Å². The van der Waals surface area contributed by atoms with Crippen LogP contribution >= 0.6 is 11.3 Å². The molecule has 5 heteroatoms. The first-order chi connectivity index (χ1) is 12.6. The van der Waals surface area contributed by atoms with Crippen LogP contribution in [0.1, 0.15) is 44.1 Å². The summed E-state index contributed by atoms with van der Waals surface area (Å²) in [6.45, 7) is 11.2. The van der Waals surface area contributed by atoms with Gasteiger partial charge in [0.05, 0.1) is 10.6 Å². The molecule has 0 aromatic carbocycles. The molecule has 1 N–H and O–H groups in total. The van der Waals surface area contributed by atoms with Crippen LogP contribution in [0, 0.1) is 18.8 Å². The lowest BCUT2D eigenvalue weighted by molar-refractivity contribution is 0.0291. The van der Waals surface area contributed by atoms with Gasteiger partial charge in [0.15, 0.2) is 0 Å². The maximum Gasteiger partial charge on any atom is 0.126 e. The van der Waals surface area contributed by atoms with Gasteiger partial charge in [0.25, 0.3) is 0 Å². The monoisotopic (exact) mass is 370 g/mol. The molecule has 3 aliphatic heterocycles. The van der Waals surface area contributed by atoms with Crippen LogP contribution in [0.4, 0.5) is 0 Å². The minimum absolute atomic E-state index is 0.561. The van der Waals surface area contributed by atoms with Gasteiger partial charge in [-0.1, -0.05) is 19.9 Å². The molecule has 0 radical (unpaired) electrons. The van der Waals surface area contributed by atoms with Gasteiger partial charge in [-0.15, -0.1) is 11.3 Å². The van der Waals surface area contributed by atoms with E-state index in [4.69, 9.17) is 4.98 Å². The molecule has 140 valence electrons. The van der Waals surface area contributed by atoms with Crippen molar-refractivity contribution < 1.29 is 0 Å². The lowest BCUT2D eigenvalue weighted by atomic mass is 9.74.